The average Bonchev–Trinajstić information content (AvgIpc) is 2.89. The Kier molecular flexibility index (Phi) is 7.94. The fraction of sp³-hybridized carbons (Fsp3) is 0.321. The summed E-state index contributed by atoms with van der Waals surface area (Å²) >= 11 is 0. The Bertz CT molecular complexity index is 1240. The van der Waals surface area contributed by atoms with Gasteiger partial charge in [0.2, 0.25) is 5.82 Å². The third kappa shape index (κ3) is 5.23. The molecule has 0 aliphatic heterocycles. The predicted molar refractivity (Wildman–Crippen MR) is 126 cm³/mol. The highest BCUT2D eigenvalue weighted by atomic mass is 19.2. The molecule has 0 aromatic heterocycles. The number of carbonyl (C=O) groups is 1. The Labute approximate surface area is 206 Å². The zero-order valence-corrected chi connectivity index (χ0v) is 19.7. The van der Waals surface area contributed by atoms with Gasteiger partial charge in [-0.05, 0) is 85.9 Å². The zero-order chi connectivity index (χ0) is 25.8. The lowest BCUT2D eigenvalue weighted by atomic mass is 9.78. The van der Waals surface area contributed by atoms with Crippen LogP contribution in [0.4, 0.5) is 17.6 Å². The van der Waals surface area contributed by atoms with Crippen molar-refractivity contribution in [1.82, 2.24) is 0 Å². The van der Waals surface area contributed by atoms with E-state index in [1.165, 1.54) is 48.5 Å². The van der Waals surface area contributed by atoms with Crippen LogP contribution in [0.1, 0.15) is 54.4 Å². The number of rotatable bonds is 7. The van der Waals surface area contributed by atoms with Gasteiger partial charge < -0.3 is 14.6 Å². The molecule has 0 heterocycles. The first-order valence-electron chi connectivity index (χ1n) is 11.9. The van der Waals surface area contributed by atoms with Gasteiger partial charge in [0, 0.05) is 12.2 Å². The molecule has 0 unspecified atom stereocenters. The molecule has 190 valence electrons. The van der Waals surface area contributed by atoms with E-state index in [1.807, 2.05) is 0 Å². The molecule has 1 aliphatic carbocycles. The minimum atomic E-state index is -1.27. The van der Waals surface area contributed by atoms with Gasteiger partial charge in [-0.2, -0.15) is 4.39 Å². The molecule has 0 amide bonds. The molecule has 1 aliphatic rings. The van der Waals surface area contributed by atoms with Gasteiger partial charge >= 0.3 is 5.97 Å². The molecule has 1 N–H and O–H groups in total. The lowest BCUT2D eigenvalue weighted by Gasteiger charge is -2.28. The zero-order valence-electron chi connectivity index (χ0n) is 19.7. The van der Waals surface area contributed by atoms with Gasteiger partial charge in [-0.3, -0.25) is 0 Å². The summed E-state index contributed by atoms with van der Waals surface area (Å²) in [6, 6.07) is 10.9. The van der Waals surface area contributed by atoms with Crippen LogP contribution >= 0.6 is 0 Å². The van der Waals surface area contributed by atoms with Crippen molar-refractivity contribution >= 4 is 5.97 Å². The third-order valence-corrected chi connectivity index (χ3v) is 6.60. The standard InChI is InChI=1S/C28H26F4O4/c1-2-35-23-14-13-21(25(30)27(23)32)18-7-9-19(10-8-18)36-28(34)22-12-11-20(24(29)26(22)31)17-5-3-16(15-33)4-6-17/h7-14,16-17,33H,2-6,15H2,1H3. The highest BCUT2D eigenvalue weighted by molar-refractivity contribution is 5.91. The van der Waals surface area contributed by atoms with Crippen LogP contribution in [0.3, 0.4) is 0 Å². The topological polar surface area (TPSA) is 55.8 Å². The maximum absolute atomic E-state index is 14.8. The van der Waals surface area contributed by atoms with Crippen LogP contribution in [-0.2, 0) is 0 Å². The molecular weight excluding hydrogens is 476 g/mol. The van der Waals surface area contributed by atoms with Gasteiger partial charge in [-0.15, -0.1) is 0 Å². The Morgan fingerprint density at radius 1 is 0.861 bits per heavy atom. The highest BCUT2D eigenvalue weighted by Crippen LogP contribution is 2.38. The number of aliphatic hydroxyl groups excluding tert-OH is 1. The number of hydrogen-bond donors (Lipinski definition) is 1. The molecule has 0 radical (unpaired) electrons. The molecule has 4 nitrogen and oxygen atoms in total. The minimum absolute atomic E-state index is 0.00874. The Hall–Kier alpha value is -3.39. The van der Waals surface area contributed by atoms with Crippen LogP contribution < -0.4 is 9.47 Å². The largest absolute Gasteiger partial charge is 0.491 e. The van der Waals surface area contributed by atoms with Crippen LogP contribution in [-0.4, -0.2) is 24.3 Å². The number of hydrogen-bond acceptors (Lipinski definition) is 4. The van der Waals surface area contributed by atoms with Crippen molar-refractivity contribution in [2.75, 3.05) is 13.2 Å². The summed E-state index contributed by atoms with van der Waals surface area (Å²) in [6.07, 6.45) is 2.73. The van der Waals surface area contributed by atoms with E-state index in [2.05, 4.69) is 0 Å². The van der Waals surface area contributed by atoms with Crippen LogP contribution in [0, 0.1) is 29.2 Å². The number of carbonyl (C=O) groups excluding carboxylic acids is 1. The lowest BCUT2D eigenvalue weighted by molar-refractivity contribution is 0.0728. The Balaban J connectivity index is 1.47. The van der Waals surface area contributed by atoms with E-state index in [9.17, 15) is 27.5 Å². The van der Waals surface area contributed by atoms with Gasteiger partial charge in [0.25, 0.3) is 0 Å². The molecule has 8 heteroatoms. The molecule has 1 saturated carbocycles. The Morgan fingerprint density at radius 2 is 1.56 bits per heavy atom. The second-order valence-electron chi connectivity index (χ2n) is 8.82. The molecule has 0 bridgehead atoms. The molecule has 3 aromatic rings. The Morgan fingerprint density at radius 3 is 2.19 bits per heavy atom. The van der Waals surface area contributed by atoms with Crippen LogP contribution in [0.15, 0.2) is 48.5 Å². The van der Waals surface area contributed by atoms with Gasteiger partial charge in [-0.25, -0.2) is 18.0 Å². The molecule has 1 fully saturated rings. The predicted octanol–water partition coefficient (Wildman–Crippen LogP) is 6.79. The lowest BCUT2D eigenvalue weighted by Crippen LogP contribution is -2.18. The quantitative estimate of drug-likeness (QED) is 0.220. The molecule has 4 rings (SSSR count). The summed E-state index contributed by atoms with van der Waals surface area (Å²) in [7, 11) is 0. The summed E-state index contributed by atoms with van der Waals surface area (Å²) in [5.41, 5.74) is -0.00398. The van der Waals surface area contributed by atoms with E-state index in [4.69, 9.17) is 9.47 Å². The maximum atomic E-state index is 14.8. The summed E-state index contributed by atoms with van der Waals surface area (Å²) in [5, 5.41) is 9.27. The van der Waals surface area contributed by atoms with Crippen molar-refractivity contribution in [1.29, 1.82) is 0 Å². The summed E-state index contributed by atoms with van der Waals surface area (Å²) in [5.74, 6) is -5.75. The van der Waals surface area contributed by atoms with Crippen LogP contribution in [0.2, 0.25) is 0 Å². The fourth-order valence-electron chi connectivity index (χ4n) is 4.58. The number of ether oxygens (including phenoxy) is 2. The van der Waals surface area contributed by atoms with Crippen molar-refractivity contribution in [2.24, 2.45) is 5.92 Å². The monoisotopic (exact) mass is 502 g/mol. The normalized spacial score (nSPS) is 17.6. The number of esters is 1. The maximum Gasteiger partial charge on any atom is 0.346 e. The summed E-state index contributed by atoms with van der Waals surface area (Å²) in [6.45, 7) is 1.93. The van der Waals surface area contributed by atoms with Crippen LogP contribution in [0.5, 0.6) is 11.5 Å². The molecule has 0 spiro atoms. The van der Waals surface area contributed by atoms with Gasteiger partial charge in [0.15, 0.2) is 23.2 Å². The van der Waals surface area contributed by atoms with E-state index >= 15 is 0 Å². The van der Waals surface area contributed by atoms with E-state index in [1.54, 1.807) is 6.92 Å². The first kappa shape index (κ1) is 25.7. The van der Waals surface area contributed by atoms with E-state index in [0.29, 0.717) is 18.4 Å². The highest BCUT2D eigenvalue weighted by Gasteiger charge is 2.28. The van der Waals surface area contributed by atoms with Gasteiger partial charge in [-0.1, -0.05) is 18.2 Å². The smallest absolute Gasteiger partial charge is 0.346 e. The second-order valence-corrected chi connectivity index (χ2v) is 8.82. The van der Waals surface area contributed by atoms with Crippen molar-refractivity contribution < 1.29 is 36.9 Å². The number of benzene rings is 3. The SMILES string of the molecule is CCOc1ccc(-c2ccc(OC(=O)c3ccc(C4CCC(CO)CC4)c(F)c3F)cc2)c(F)c1F. The van der Waals surface area contributed by atoms with E-state index in [0.717, 1.165) is 12.8 Å². The summed E-state index contributed by atoms with van der Waals surface area (Å²) < 4.78 is 68.4. The van der Waals surface area contributed by atoms with Gasteiger partial charge in [0.1, 0.15) is 5.75 Å². The van der Waals surface area contributed by atoms with E-state index < -0.39 is 34.8 Å². The second kappa shape index (κ2) is 11.1. The van der Waals surface area contributed by atoms with Crippen molar-refractivity contribution in [2.45, 2.75) is 38.5 Å². The molecule has 36 heavy (non-hydrogen) atoms. The first-order chi connectivity index (χ1) is 17.3. The van der Waals surface area contributed by atoms with Crippen molar-refractivity contribution in [3.05, 3.63) is 82.9 Å². The van der Waals surface area contributed by atoms with Crippen LogP contribution in [0.25, 0.3) is 11.1 Å². The number of halogens is 4. The molecule has 0 atom stereocenters. The molecule has 0 saturated heterocycles. The molecule has 3 aromatic carbocycles. The number of aliphatic hydroxyl groups is 1. The average molecular weight is 503 g/mol. The fourth-order valence-corrected chi connectivity index (χ4v) is 4.58. The van der Waals surface area contributed by atoms with Gasteiger partial charge in [0.05, 0.1) is 12.2 Å². The first-order valence-corrected chi connectivity index (χ1v) is 11.9. The minimum Gasteiger partial charge on any atom is -0.491 e. The third-order valence-electron chi connectivity index (χ3n) is 6.60. The summed E-state index contributed by atoms with van der Waals surface area (Å²) in [4.78, 5) is 12.5. The van der Waals surface area contributed by atoms with Crippen molar-refractivity contribution in [3.63, 3.8) is 0 Å². The van der Waals surface area contributed by atoms with Crippen molar-refractivity contribution in [3.8, 4) is 22.6 Å². The molecular formula is C28H26F4O4. The van der Waals surface area contributed by atoms with E-state index in [-0.39, 0.29) is 47.7 Å².